The molecule has 2 aromatic carbocycles. The quantitative estimate of drug-likeness (QED) is 0.484. The van der Waals surface area contributed by atoms with Gasteiger partial charge in [-0.2, -0.15) is 10.1 Å². The van der Waals surface area contributed by atoms with E-state index in [0.29, 0.717) is 11.5 Å². The minimum absolute atomic E-state index is 0.223. The molecular weight excluding hydrogens is 376 g/mol. The average Bonchev–Trinajstić information content (AvgIpc) is 3.17. The first-order chi connectivity index (χ1) is 14.7. The fourth-order valence-corrected chi connectivity index (χ4v) is 3.89. The Hall–Kier alpha value is -3.65. The summed E-state index contributed by atoms with van der Waals surface area (Å²) in [7, 11) is 2.16. The van der Waals surface area contributed by atoms with Gasteiger partial charge in [-0.3, -0.25) is 5.10 Å². The summed E-state index contributed by atoms with van der Waals surface area (Å²) in [6.07, 6.45) is 0. The first-order valence-corrected chi connectivity index (χ1v) is 10.1. The number of nitrogens with one attached hydrogen (secondary N) is 2. The van der Waals surface area contributed by atoms with Crippen molar-refractivity contribution in [2.24, 2.45) is 0 Å². The molecule has 8 nitrogen and oxygen atoms in total. The summed E-state index contributed by atoms with van der Waals surface area (Å²) in [5.74, 6) is 0.903. The molecule has 1 aliphatic rings. The molecule has 30 heavy (non-hydrogen) atoms. The Morgan fingerprint density at radius 3 is 2.47 bits per heavy atom. The summed E-state index contributed by atoms with van der Waals surface area (Å²) >= 11 is 0. The van der Waals surface area contributed by atoms with Crippen LogP contribution in [0.25, 0.3) is 22.3 Å². The first-order valence-electron chi connectivity index (χ1n) is 10.1. The number of nitrogens with zero attached hydrogens (tertiary/aromatic N) is 5. The molecule has 5 rings (SSSR count). The van der Waals surface area contributed by atoms with Crippen LogP contribution in [0.2, 0.25) is 0 Å². The van der Waals surface area contributed by atoms with Crippen LogP contribution in [0.5, 0.6) is 0 Å². The van der Waals surface area contributed by atoms with Crippen molar-refractivity contribution in [2.45, 2.75) is 0 Å². The van der Waals surface area contributed by atoms with Gasteiger partial charge in [0.25, 0.3) is 0 Å². The third-order valence-corrected chi connectivity index (χ3v) is 5.48. The number of nitrogen functional groups attached to an aromatic ring is 1. The number of piperazine rings is 1. The van der Waals surface area contributed by atoms with Gasteiger partial charge in [-0.25, -0.2) is 4.98 Å². The standard InChI is InChI=1S/C22H24N8/c1-29-11-13-30(14-12-29)17-10-6-5-9-16(17)19-18-20(24-15-7-3-2-4-8-15)27-28-21(18)26-22(23)25-19/h2-10H,11-14H2,1H3,(H4,23,24,25,26,27,28). The Balaban J connectivity index is 1.64. The van der Waals surface area contributed by atoms with E-state index in [1.54, 1.807) is 0 Å². The second kappa shape index (κ2) is 7.64. The van der Waals surface area contributed by atoms with E-state index in [0.717, 1.165) is 54.2 Å². The second-order valence-electron chi connectivity index (χ2n) is 7.52. The molecule has 1 aliphatic heterocycles. The molecule has 0 aliphatic carbocycles. The molecular formula is C22H24N8. The van der Waals surface area contributed by atoms with E-state index in [9.17, 15) is 0 Å². The van der Waals surface area contributed by atoms with Crippen molar-refractivity contribution < 1.29 is 0 Å². The van der Waals surface area contributed by atoms with Crippen molar-refractivity contribution in [3.05, 3.63) is 54.6 Å². The Morgan fingerprint density at radius 2 is 1.67 bits per heavy atom. The van der Waals surface area contributed by atoms with E-state index < -0.39 is 0 Å². The molecule has 1 saturated heterocycles. The summed E-state index contributed by atoms with van der Waals surface area (Å²) in [6, 6.07) is 18.3. The van der Waals surface area contributed by atoms with Crippen LogP contribution in [0.1, 0.15) is 0 Å². The molecule has 3 heterocycles. The second-order valence-corrected chi connectivity index (χ2v) is 7.52. The number of likely N-dealkylation sites (N-methyl/N-ethyl adjacent to an activating group) is 1. The molecule has 0 radical (unpaired) electrons. The highest BCUT2D eigenvalue weighted by molar-refractivity contribution is 6.02. The maximum absolute atomic E-state index is 6.06. The molecule has 0 atom stereocenters. The van der Waals surface area contributed by atoms with Crippen molar-refractivity contribution in [2.75, 3.05) is 49.2 Å². The van der Waals surface area contributed by atoms with Crippen LogP contribution in [0.3, 0.4) is 0 Å². The van der Waals surface area contributed by atoms with Crippen molar-refractivity contribution in [1.82, 2.24) is 25.1 Å². The van der Waals surface area contributed by atoms with E-state index >= 15 is 0 Å². The zero-order chi connectivity index (χ0) is 20.5. The van der Waals surface area contributed by atoms with Gasteiger partial charge in [0, 0.05) is 43.1 Å². The number of rotatable bonds is 4. The van der Waals surface area contributed by atoms with Crippen molar-refractivity contribution in [3.8, 4) is 11.3 Å². The van der Waals surface area contributed by atoms with Gasteiger partial charge < -0.3 is 20.9 Å². The molecule has 1 fully saturated rings. The third-order valence-electron chi connectivity index (χ3n) is 5.48. The van der Waals surface area contributed by atoms with E-state index in [2.05, 4.69) is 60.5 Å². The fraction of sp³-hybridized carbons (Fsp3) is 0.227. The highest BCUT2D eigenvalue weighted by atomic mass is 15.3. The molecule has 0 spiro atoms. The number of para-hydroxylation sites is 2. The highest BCUT2D eigenvalue weighted by Crippen LogP contribution is 2.37. The molecule has 0 amide bonds. The number of hydrogen-bond acceptors (Lipinski definition) is 7. The molecule has 8 heteroatoms. The van der Waals surface area contributed by atoms with Gasteiger partial charge in [-0.15, -0.1) is 0 Å². The van der Waals surface area contributed by atoms with Gasteiger partial charge in [0.2, 0.25) is 5.95 Å². The van der Waals surface area contributed by atoms with Gasteiger partial charge in [-0.05, 0) is 25.2 Å². The average molecular weight is 400 g/mol. The lowest BCUT2D eigenvalue weighted by molar-refractivity contribution is 0.313. The Bertz CT molecular complexity index is 1160. The van der Waals surface area contributed by atoms with E-state index in [4.69, 9.17) is 5.73 Å². The van der Waals surface area contributed by atoms with Gasteiger partial charge in [0.1, 0.15) is 0 Å². The third kappa shape index (κ3) is 3.42. The number of aromatic nitrogens is 4. The van der Waals surface area contributed by atoms with Crippen molar-refractivity contribution in [3.63, 3.8) is 0 Å². The minimum Gasteiger partial charge on any atom is -0.368 e. The maximum Gasteiger partial charge on any atom is 0.222 e. The predicted octanol–water partition coefficient (Wildman–Crippen LogP) is 3.10. The molecule has 4 N–H and O–H groups in total. The van der Waals surface area contributed by atoms with Crippen LogP contribution >= 0.6 is 0 Å². The number of hydrogen-bond donors (Lipinski definition) is 3. The predicted molar refractivity (Wildman–Crippen MR) is 121 cm³/mol. The van der Waals surface area contributed by atoms with Crippen LogP contribution in [0, 0.1) is 0 Å². The number of nitrogens with two attached hydrogens (primary N) is 1. The maximum atomic E-state index is 6.06. The fourth-order valence-electron chi connectivity index (χ4n) is 3.89. The zero-order valence-corrected chi connectivity index (χ0v) is 16.8. The summed E-state index contributed by atoms with van der Waals surface area (Å²) < 4.78 is 0. The molecule has 4 aromatic rings. The molecule has 0 saturated carbocycles. The van der Waals surface area contributed by atoms with E-state index in [-0.39, 0.29) is 5.95 Å². The van der Waals surface area contributed by atoms with Crippen LogP contribution in [-0.2, 0) is 0 Å². The Kier molecular flexibility index (Phi) is 4.68. The molecule has 0 unspecified atom stereocenters. The smallest absolute Gasteiger partial charge is 0.222 e. The van der Waals surface area contributed by atoms with Gasteiger partial charge in [0.15, 0.2) is 11.5 Å². The zero-order valence-electron chi connectivity index (χ0n) is 16.8. The van der Waals surface area contributed by atoms with Crippen molar-refractivity contribution >= 4 is 34.2 Å². The molecule has 0 bridgehead atoms. The summed E-state index contributed by atoms with van der Waals surface area (Å²) in [4.78, 5) is 13.8. The van der Waals surface area contributed by atoms with Crippen LogP contribution in [-0.4, -0.2) is 58.3 Å². The summed E-state index contributed by atoms with van der Waals surface area (Å²) in [5.41, 5.74) is 10.6. The van der Waals surface area contributed by atoms with Gasteiger partial charge in [-0.1, -0.05) is 36.4 Å². The Labute approximate surface area is 174 Å². The van der Waals surface area contributed by atoms with Crippen LogP contribution < -0.4 is 16.0 Å². The SMILES string of the molecule is CN1CCN(c2ccccc2-c2nc(N)nc3[nH]nc(Nc4ccccc4)c23)CC1. The lowest BCUT2D eigenvalue weighted by Gasteiger charge is -2.35. The number of benzene rings is 2. The number of anilines is 4. The minimum atomic E-state index is 0.223. The van der Waals surface area contributed by atoms with Gasteiger partial charge in [0.05, 0.1) is 11.1 Å². The monoisotopic (exact) mass is 400 g/mol. The number of fused-ring (bicyclic) bond motifs is 1. The summed E-state index contributed by atoms with van der Waals surface area (Å²) in [6.45, 7) is 4.00. The van der Waals surface area contributed by atoms with Crippen molar-refractivity contribution in [1.29, 1.82) is 0 Å². The first kappa shape index (κ1) is 18.4. The van der Waals surface area contributed by atoms with E-state index in [1.807, 2.05) is 36.4 Å². The normalized spacial score (nSPS) is 14.9. The lowest BCUT2D eigenvalue weighted by Crippen LogP contribution is -2.44. The highest BCUT2D eigenvalue weighted by Gasteiger charge is 2.22. The topological polar surface area (TPSA) is 99.0 Å². The number of aromatic amines is 1. The summed E-state index contributed by atoms with van der Waals surface area (Å²) in [5, 5.41) is 11.7. The molecule has 2 aromatic heterocycles. The molecule has 152 valence electrons. The largest absolute Gasteiger partial charge is 0.368 e. The van der Waals surface area contributed by atoms with Crippen LogP contribution in [0.4, 0.5) is 23.1 Å². The van der Waals surface area contributed by atoms with E-state index in [1.165, 1.54) is 0 Å². The number of H-pyrrole nitrogens is 1. The lowest BCUT2D eigenvalue weighted by atomic mass is 10.0. The van der Waals surface area contributed by atoms with Crippen LogP contribution in [0.15, 0.2) is 54.6 Å². The Morgan fingerprint density at radius 1 is 0.933 bits per heavy atom. The van der Waals surface area contributed by atoms with Gasteiger partial charge >= 0.3 is 0 Å².